The number of hydrogen-bond donors (Lipinski definition) is 1. The Bertz CT molecular complexity index is 529. The zero-order valence-corrected chi connectivity index (χ0v) is 10.0. The van der Waals surface area contributed by atoms with Crippen molar-refractivity contribution in [1.29, 1.82) is 0 Å². The third kappa shape index (κ3) is 1.69. The number of aromatic nitrogens is 3. The van der Waals surface area contributed by atoms with Crippen molar-refractivity contribution in [2.75, 3.05) is 0 Å². The third-order valence-corrected chi connectivity index (χ3v) is 3.36. The van der Waals surface area contributed by atoms with Gasteiger partial charge in [-0.15, -0.1) is 0 Å². The molecule has 2 aromatic heterocycles. The number of carbonyl (C=O) groups is 1. The number of nitrogens with zero attached hydrogens (tertiary/aromatic N) is 3. The van der Waals surface area contributed by atoms with E-state index in [1.165, 1.54) is 15.9 Å². The maximum Gasteiger partial charge on any atom is 0.356 e. The lowest BCUT2D eigenvalue weighted by Gasteiger charge is -1.95. The maximum atomic E-state index is 11.2. The van der Waals surface area contributed by atoms with Crippen molar-refractivity contribution in [3.63, 3.8) is 0 Å². The minimum absolute atomic E-state index is 0.216. The molecule has 2 aromatic rings. The summed E-state index contributed by atoms with van der Waals surface area (Å²) < 4.78 is 1.46. The predicted molar refractivity (Wildman–Crippen MR) is 61.2 cm³/mol. The molecule has 16 heavy (non-hydrogen) atoms. The summed E-state index contributed by atoms with van der Waals surface area (Å²) in [7, 11) is 0. The van der Waals surface area contributed by atoms with Crippen LogP contribution in [0.5, 0.6) is 0 Å². The van der Waals surface area contributed by atoms with Crippen LogP contribution in [0.25, 0.3) is 4.96 Å². The molecule has 0 unspecified atom stereocenters. The number of aromatic carboxylic acids is 1. The lowest BCUT2D eigenvalue weighted by molar-refractivity contribution is 0.0686. The predicted octanol–water partition coefficient (Wildman–Crippen LogP) is 2.00. The zero-order chi connectivity index (χ0) is 11.7. The summed E-state index contributed by atoms with van der Waals surface area (Å²) in [6.07, 6.45) is 2.36. The van der Waals surface area contributed by atoms with Crippen LogP contribution in [0.3, 0.4) is 0 Å². The molecule has 0 radical (unpaired) electrons. The second-order valence-electron chi connectivity index (χ2n) is 3.51. The molecule has 0 atom stereocenters. The van der Waals surface area contributed by atoms with Crippen LogP contribution in [0, 0.1) is 0 Å². The van der Waals surface area contributed by atoms with Crippen molar-refractivity contribution in [2.45, 2.75) is 33.1 Å². The zero-order valence-electron chi connectivity index (χ0n) is 9.23. The fraction of sp³-hybridized carbons (Fsp3) is 0.500. The molecule has 0 amide bonds. The van der Waals surface area contributed by atoms with Gasteiger partial charge in [-0.2, -0.15) is 9.61 Å². The van der Waals surface area contributed by atoms with Crippen LogP contribution in [0.2, 0.25) is 0 Å². The molecule has 0 aromatic carbocycles. The van der Waals surface area contributed by atoms with Crippen molar-refractivity contribution < 1.29 is 9.90 Å². The fourth-order valence-corrected chi connectivity index (χ4v) is 2.45. The molecule has 5 nitrogen and oxygen atoms in total. The Morgan fingerprint density at radius 1 is 1.50 bits per heavy atom. The number of hydrogen-bond acceptors (Lipinski definition) is 4. The molecule has 0 aliphatic carbocycles. The largest absolute Gasteiger partial charge is 0.476 e. The van der Waals surface area contributed by atoms with Crippen LogP contribution in [0.1, 0.15) is 41.5 Å². The van der Waals surface area contributed by atoms with Gasteiger partial charge in [-0.3, -0.25) is 0 Å². The molecule has 0 saturated carbocycles. The van der Waals surface area contributed by atoms with Crippen LogP contribution in [0.15, 0.2) is 0 Å². The van der Waals surface area contributed by atoms with Gasteiger partial charge in [0, 0.05) is 0 Å². The average molecular weight is 239 g/mol. The van der Waals surface area contributed by atoms with Crippen LogP contribution in [-0.4, -0.2) is 25.7 Å². The summed E-state index contributed by atoms with van der Waals surface area (Å²) in [6, 6.07) is 0. The highest BCUT2D eigenvalue weighted by molar-refractivity contribution is 7.16. The van der Waals surface area contributed by atoms with Crippen molar-refractivity contribution in [3.05, 3.63) is 16.4 Å². The van der Waals surface area contributed by atoms with E-state index in [0.29, 0.717) is 17.1 Å². The van der Waals surface area contributed by atoms with Crippen LogP contribution >= 0.6 is 11.3 Å². The number of rotatable bonds is 4. The summed E-state index contributed by atoms with van der Waals surface area (Å²) in [4.78, 5) is 16.2. The summed E-state index contributed by atoms with van der Waals surface area (Å²) in [5, 5.41) is 14.3. The molecule has 2 heterocycles. The van der Waals surface area contributed by atoms with E-state index in [-0.39, 0.29) is 5.69 Å². The molecular formula is C10H13N3O2S. The topological polar surface area (TPSA) is 67.5 Å². The molecule has 6 heteroatoms. The SMILES string of the molecule is CCCc1nc2sc(CC)nn2c1C(=O)O. The summed E-state index contributed by atoms with van der Waals surface area (Å²) in [5.41, 5.74) is 0.851. The van der Waals surface area contributed by atoms with E-state index in [1.54, 1.807) is 0 Å². The average Bonchev–Trinajstić information content (AvgIpc) is 2.73. The van der Waals surface area contributed by atoms with Gasteiger partial charge in [0.05, 0.1) is 5.69 Å². The fourth-order valence-electron chi connectivity index (χ4n) is 1.60. The molecule has 0 saturated heterocycles. The number of carboxylic acids is 1. The van der Waals surface area contributed by atoms with Gasteiger partial charge in [-0.05, 0) is 12.8 Å². The first-order chi connectivity index (χ1) is 7.67. The van der Waals surface area contributed by atoms with E-state index in [2.05, 4.69) is 10.1 Å². The first-order valence-corrected chi connectivity index (χ1v) is 6.09. The van der Waals surface area contributed by atoms with Crippen molar-refractivity contribution in [1.82, 2.24) is 14.6 Å². The quantitative estimate of drug-likeness (QED) is 0.886. The monoisotopic (exact) mass is 239 g/mol. The van der Waals surface area contributed by atoms with Gasteiger partial charge in [0.1, 0.15) is 5.01 Å². The number of imidazole rings is 1. The van der Waals surface area contributed by atoms with E-state index >= 15 is 0 Å². The van der Waals surface area contributed by atoms with E-state index in [1.807, 2.05) is 13.8 Å². The molecule has 0 fully saturated rings. The Kier molecular flexibility index (Phi) is 2.91. The molecule has 86 valence electrons. The first kappa shape index (κ1) is 11.1. The highest BCUT2D eigenvalue weighted by atomic mass is 32.1. The standard InChI is InChI=1S/C10H13N3O2S/c1-3-5-6-8(9(14)15)13-10(11-6)16-7(4-2)12-13/h3-5H2,1-2H3,(H,14,15). The minimum Gasteiger partial charge on any atom is -0.476 e. The van der Waals surface area contributed by atoms with Crippen LogP contribution in [-0.2, 0) is 12.8 Å². The Labute approximate surface area is 96.7 Å². The normalized spacial score (nSPS) is 11.1. The summed E-state index contributed by atoms with van der Waals surface area (Å²) >= 11 is 1.45. The smallest absolute Gasteiger partial charge is 0.356 e. The number of aryl methyl sites for hydroxylation is 2. The molecular weight excluding hydrogens is 226 g/mol. The van der Waals surface area contributed by atoms with Gasteiger partial charge < -0.3 is 5.11 Å². The van der Waals surface area contributed by atoms with Crippen molar-refractivity contribution in [2.24, 2.45) is 0 Å². The van der Waals surface area contributed by atoms with E-state index in [9.17, 15) is 4.79 Å². The van der Waals surface area contributed by atoms with Gasteiger partial charge in [0.15, 0.2) is 5.69 Å². The van der Waals surface area contributed by atoms with Gasteiger partial charge in [0.2, 0.25) is 4.96 Å². The molecule has 2 rings (SSSR count). The highest BCUT2D eigenvalue weighted by Gasteiger charge is 2.20. The molecule has 0 aliphatic rings. The van der Waals surface area contributed by atoms with Crippen LogP contribution in [0.4, 0.5) is 0 Å². The third-order valence-electron chi connectivity index (χ3n) is 2.31. The second kappa shape index (κ2) is 4.21. The highest BCUT2D eigenvalue weighted by Crippen LogP contribution is 2.20. The Morgan fingerprint density at radius 2 is 2.25 bits per heavy atom. The van der Waals surface area contributed by atoms with E-state index in [4.69, 9.17) is 5.11 Å². The van der Waals surface area contributed by atoms with E-state index < -0.39 is 5.97 Å². The summed E-state index contributed by atoms with van der Waals surface area (Å²) in [5.74, 6) is -0.955. The molecule has 0 spiro atoms. The molecule has 0 bridgehead atoms. The Morgan fingerprint density at radius 3 is 2.81 bits per heavy atom. The lowest BCUT2D eigenvalue weighted by atomic mass is 10.2. The van der Waals surface area contributed by atoms with Crippen molar-refractivity contribution in [3.8, 4) is 0 Å². The number of fused-ring (bicyclic) bond motifs is 1. The van der Waals surface area contributed by atoms with Gasteiger partial charge in [0.25, 0.3) is 0 Å². The summed E-state index contributed by atoms with van der Waals surface area (Å²) in [6.45, 7) is 4.00. The Hall–Kier alpha value is -1.43. The molecule has 1 N–H and O–H groups in total. The van der Waals surface area contributed by atoms with Crippen LogP contribution < -0.4 is 0 Å². The maximum absolute atomic E-state index is 11.2. The Balaban J connectivity index is 2.61. The van der Waals surface area contributed by atoms with Gasteiger partial charge >= 0.3 is 5.97 Å². The second-order valence-corrected chi connectivity index (χ2v) is 4.55. The van der Waals surface area contributed by atoms with Crippen molar-refractivity contribution >= 4 is 22.3 Å². The number of carboxylic acid groups (broad SMARTS) is 1. The lowest BCUT2D eigenvalue weighted by Crippen LogP contribution is -2.06. The van der Waals surface area contributed by atoms with Gasteiger partial charge in [-0.25, -0.2) is 9.78 Å². The minimum atomic E-state index is -0.955. The van der Waals surface area contributed by atoms with Gasteiger partial charge in [-0.1, -0.05) is 31.6 Å². The first-order valence-electron chi connectivity index (χ1n) is 5.28. The van der Waals surface area contributed by atoms with E-state index in [0.717, 1.165) is 17.8 Å². The molecule has 0 aliphatic heterocycles.